The molecule has 2 heterocycles. The van der Waals surface area contributed by atoms with Crippen LogP contribution in [0.1, 0.15) is 36.2 Å². The van der Waals surface area contributed by atoms with Crippen LogP contribution in [0, 0.1) is 0 Å². The monoisotopic (exact) mass is 319 g/mol. The molecule has 0 radical (unpaired) electrons. The molecule has 1 aromatic heterocycles. The van der Waals surface area contributed by atoms with Crippen LogP contribution in [0.5, 0.6) is 0 Å². The molecule has 1 aromatic rings. The van der Waals surface area contributed by atoms with Gasteiger partial charge in [0.15, 0.2) is 0 Å². The number of nitrogens with zero attached hydrogens (tertiary/aromatic N) is 3. The van der Waals surface area contributed by atoms with Crippen molar-refractivity contribution in [3.8, 4) is 0 Å². The number of nitrogens with one attached hydrogen (secondary N) is 2. The SMILES string of the molecule is O=C(NC1CCCC1)c1cnc(NCCN2CCOCC2)cn1. The average Bonchev–Trinajstić information content (AvgIpc) is 3.09. The van der Waals surface area contributed by atoms with Crippen molar-refractivity contribution >= 4 is 11.7 Å². The van der Waals surface area contributed by atoms with E-state index in [1.165, 1.54) is 12.8 Å². The van der Waals surface area contributed by atoms with Crippen molar-refractivity contribution in [1.82, 2.24) is 20.2 Å². The van der Waals surface area contributed by atoms with Crippen LogP contribution in [0.15, 0.2) is 12.4 Å². The van der Waals surface area contributed by atoms with Gasteiger partial charge in [-0.25, -0.2) is 9.97 Å². The van der Waals surface area contributed by atoms with Crippen LogP contribution >= 0.6 is 0 Å². The Hall–Kier alpha value is -1.73. The number of carbonyl (C=O) groups is 1. The summed E-state index contributed by atoms with van der Waals surface area (Å²) >= 11 is 0. The third-order valence-corrected chi connectivity index (χ3v) is 4.41. The third-order valence-electron chi connectivity index (χ3n) is 4.41. The van der Waals surface area contributed by atoms with Crippen molar-refractivity contribution in [2.24, 2.45) is 0 Å². The van der Waals surface area contributed by atoms with Gasteiger partial charge in [-0.15, -0.1) is 0 Å². The van der Waals surface area contributed by atoms with E-state index in [-0.39, 0.29) is 5.91 Å². The van der Waals surface area contributed by atoms with Gasteiger partial charge < -0.3 is 15.4 Å². The van der Waals surface area contributed by atoms with Crippen LogP contribution in [0.4, 0.5) is 5.82 Å². The average molecular weight is 319 g/mol. The highest BCUT2D eigenvalue weighted by atomic mass is 16.5. The number of hydrogen-bond acceptors (Lipinski definition) is 6. The van der Waals surface area contributed by atoms with E-state index in [0.717, 1.165) is 52.2 Å². The first kappa shape index (κ1) is 16.1. The quantitative estimate of drug-likeness (QED) is 0.811. The summed E-state index contributed by atoms with van der Waals surface area (Å²) in [4.78, 5) is 22.9. The highest BCUT2D eigenvalue weighted by Gasteiger charge is 2.18. The molecule has 1 saturated carbocycles. The standard InChI is InChI=1S/C16H25N5O2/c22-16(20-13-3-1-2-4-13)14-11-19-15(12-18-14)17-5-6-21-7-9-23-10-8-21/h11-13H,1-10H2,(H,17,19)(H,20,22). The number of ether oxygens (including phenoxy) is 1. The van der Waals surface area contributed by atoms with Gasteiger partial charge in [-0.3, -0.25) is 9.69 Å². The molecule has 3 rings (SSSR count). The fraction of sp³-hybridized carbons (Fsp3) is 0.688. The van der Waals surface area contributed by atoms with E-state index in [2.05, 4.69) is 25.5 Å². The first-order valence-corrected chi connectivity index (χ1v) is 8.48. The van der Waals surface area contributed by atoms with Gasteiger partial charge in [0.1, 0.15) is 11.5 Å². The summed E-state index contributed by atoms with van der Waals surface area (Å²) in [5.41, 5.74) is 0.385. The largest absolute Gasteiger partial charge is 0.379 e. The van der Waals surface area contributed by atoms with Crippen LogP contribution in [-0.2, 0) is 4.74 Å². The first-order chi connectivity index (χ1) is 11.3. The van der Waals surface area contributed by atoms with Gasteiger partial charge in [-0.2, -0.15) is 0 Å². The van der Waals surface area contributed by atoms with Crippen LogP contribution in [0.2, 0.25) is 0 Å². The summed E-state index contributed by atoms with van der Waals surface area (Å²) in [6.45, 7) is 5.34. The molecule has 2 N–H and O–H groups in total. The highest BCUT2D eigenvalue weighted by Crippen LogP contribution is 2.17. The minimum absolute atomic E-state index is 0.121. The Balaban J connectivity index is 1.41. The summed E-state index contributed by atoms with van der Waals surface area (Å²) in [6, 6.07) is 0.302. The normalized spacial score (nSPS) is 19.7. The Morgan fingerprint density at radius 2 is 2.00 bits per heavy atom. The van der Waals surface area contributed by atoms with Gasteiger partial charge in [0.2, 0.25) is 0 Å². The first-order valence-electron chi connectivity index (χ1n) is 8.48. The van der Waals surface area contributed by atoms with E-state index in [9.17, 15) is 4.79 Å². The Morgan fingerprint density at radius 3 is 2.70 bits per heavy atom. The molecule has 1 aliphatic carbocycles. The summed E-state index contributed by atoms with van der Waals surface area (Å²) in [6.07, 6.45) is 7.70. The number of morpholine rings is 1. The lowest BCUT2D eigenvalue weighted by atomic mass is 10.2. The van der Waals surface area contributed by atoms with Gasteiger partial charge in [0, 0.05) is 32.2 Å². The van der Waals surface area contributed by atoms with Crippen molar-refractivity contribution in [3.63, 3.8) is 0 Å². The molecular formula is C16H25N5O2. The van der Waals surface area contributed by atoms with E-state index < -0.39 is 0 Å². The van der Waals surface area contributed by atoms with Crippen molar-refractivity contribution in [1.29, 1.82) is 0 Å². The predicted octanol–water partition coefficient (Wildman–Crippen LogP) is 0.893. The second-order valence-electron chi connectivity index (χ2n) is 6.12. The van der Waals surface area contributed by atoms with Gasteiger partial charge in [0.05, 0.1) is 25.6 Å². The van der Waals surface area contributed by atoms with E-state index >= 15 is 0 Å². The number of amides is 1. The Morgan fingerprint density at radius 1 is 1.22 bits per heavy atom. The van der Waals surface area contributed by atoms with E-state index in [0.29, 0.717) is 17.6 Å². The molecule has 126 valence electrons. The lowest BCUT2D eigenvalue weighted by Gasteiger charge is -2.26. The number of rotatable bonds is 6. The molecule has 1 saturated heterocycles. The molecule has 23 heavy (non-hydrogen) atoms. The van der Waals surface area contributed by atoms with Gasteiger partial charge >= 0.3 is 0 Å². The molecule has 7 nitrogen and oxygen atoms in total. The van der Waals surface area contributed by atoms with Gasteiger partial charge in [-0.05, 0) is 12.8 Å². The molecule has 2 fully saturated rings. The van der Waals surface area contributed by atoms with Gasteiger partial charge in [-0.1, -0.05) is 12.8 Å². The van der Waals surface area contributed by atoms with Crippen LogP contribution < -0.4 is 10.6 Å². The number of carbonyl (C=O) groups excluding carboxylic acids is 1. The molecule has 0 bridgehead atoms. The third kappa shape index (κ3) is 4.87. The summed E-state index contributed by atoms with van der Waals surface area (Å²) in [7, 11) is 0. The lowest BCUT2D eigenvalue weighted by Crippen LogP contribution is -2.39. The van der Waals surface area contributed by atoms with Gasteiger partial charge in [0.25, 0.3) is 5.91 Å². The smallest absolute Gasteiger partial charge is 0.271 e. The number of aromatic nitrogens is 2. The second-order valence-corrected chi connectivity index (χ2v) is 6.12. The molecule has 0 unspecified atom stereocenters. The van der Waals surface area contributed by atoms with Crippen molar-refractivity contribution in [3.05, 3.63) is 18.1 Å². The molecule has 1 amide bonds. The maximum atomic E-state index is 12.1. The van der Waals surface area contributed by atoms with E-state index in [4.69, 9.17) is 4.74 Å². The topological polar surface area (TPSA) is 79.4 Å². The Kier molecular flexibility index (Phi) is 5.76. The maximum absolute atomic E-state index is 12.1. The van der Waals surface area contributed by atoms with Crippen molar-refractivity contribution in [2.75, 3.05) is 44.7 Å². The molecule has 0 spiro atoms. The molecule has 1 aliphatic heterocycles. The minimum Gasteiger partial charge on any atom is -0.379 e. The fourth-order valence-electron chi connectivity index (χ4n) is 3.03. The maximum Gasteiger partial charge on any atom is 0.271 e. The summed E-state index contributed by atoms with van der Waals surface area (Å²) in [5.74, 6) is 0.583. The number of anilines is 1. The summed E-state index contributed by atoms with van der Waals surface area (Å²) in [5, 5.41) is 6.26. The van der Waals surface area contributed by atoms with Crippen LogP contribution in [0.3, 0.4) is 0 Å². The van der Waals surface area contributed by atoms with E-state index in [1.54, 1.807) is 12.4 Å². The molecular weight excluding hydrogens is 294 g/mol. The summed E-state index contributed by atoms with van der Waals surface area (Å²) < 4.78 is 5.33. The minimum atomic E-state index is -0.121. The Bertz CT molecular complexity index is 496. The molecule has 0 atom stereocenters. The van der Waals surface area contributed by atoms with Crippen molar-refractivity contribution in [2.45, 2.75) is 31.7 Å². The van der Waals surface area contributed by atoms with Crippen molar-refractivity contribution < 1.29 is 9.53 Å². The van der Waals surface area contributed by atoms with Crippen LogP contribution in [-0.4, -0.2) is 66.2 Å². The highest BCUT2D eigenvalue weighted by molar-refractivity contribution is 5.92. The Labute approximate surface area is 136 Å². The zero-order valence-electron chi connectivity index (χ0n) is 13.5. The second kappa shape index (κ2) is 8.21. The fourth-order valence-corrected chi connectivity index (χ4v) is 3.03. The molecule has 0 aromatic carbocycles. The zero-order valence-corrected chi connectivity index (χ0v) is 13.5. The van der Waals surface area contributed by atoms with E-state index in [1.807, 2.05) is 0 Å². The molecule has 2 aliphatic rings. The zero-order chi connectivity index (χ0) is 15.9. The van der Waals surface area contributed by atoms with Crippen LogP contribution in [0.25, 0.3) is 0 Å². The predicted molar refractivity (Wildman–Crippen MR) is 87.5 cm³/mol. The molecule has 7 heteroatoms. The number of hydrogen-bond donors (Lipinski definition) is 2. The lowest BCUT2D eigenvalue weighted by molar-refractivity contribution is 0.0398.